The smallest absolute Gasteiger partial charge is 0.262 e. The summed E-state index contributed by atoms with van der Waals surface area (Å²) in [6.07, 6.45) is 4.41. The molecule has 0 saturated heterocycles. The zero-order valence-electron chi connectivity index (χ0n) is 14.9. The summed E-state index contributed by atoms with van der Waals surface area (Å²) in [5.74, 6) is -0.371. The van der Waals surface area contributed by atoms with Crippen molar-refractivity contribution < 1.29 is 4.79 Å². The first-order valence-corrected chi connectivity index (χ1v) is 8.70. The molecule has 3 rings (SSSR count). The number of carbonyl (C=O) groups is 1. The van der Waals surface area contributed by atoms with Crippen LogP contribution in [0.2, 0.25) is 0 Å². The van der Waals surface area contributed by atoms with Crippen LogP contribution in [0.1, 0.15) is 36.6 Å². The molecule has 3 aromatic rings. The first-order valence-electron chi connectivity index (χ1n) is 8.70. The van der Waals surface area contributed by atoms with E-state index in [-0.39, 0.29) is 17.5 Å². The molecule has 1 aromatic heterocycles. The van der Waals surface area contributed by atoms with Crippen molar-refractivity contribution in [2.24, 2.45) is 0 Å². The Balaban J connectivity index is 1.79. The van der Waals surface area contributed by atoms with Gasteiger partial charge in [-0.2, -0.15) is 5.26 Å². The van der Waals surface area contributed by atoms with E-state index in [1.54, 1.807) is 6.08 Å². The molecule has 0 bridgehead atoms. The van der Waals surface area contributed by atoms with E-state index in [4.69, 9.17) is 0 Å². The molecule has 0 aliphatic carbocycles. The lowest BCUT2D eigenvalue weighted by atomic mass is 10.0. The van der Waals surface area contributed by atoms with Gasteiger partial charge in [0.15, 0.2) is 0 Å². The summed E-state index contributed by atoms with van der Waals surface area (Å²) in [5.41, 5.74) is 4.16. The van der Waals surface area contributed by atoms with Crippen LogP contribution in [0.15, 0.2) is 60.3 Å². The zero-order chi connectivity index (χ0) is 18.5. The molecule has 2 N–H and O–H groups in total. The number of amides is 1. The van der Waals surface area contributed by atoms with Gasteiger partial charge < -0.3 is 10.3 Å². The standard InChI is InChI=1S/C22H21N3O/c1-3-16-8-10-17(11-9-16)15(2)25-22(26)18(13-23)12-19-14-24-21-7-5-4-6-20(19)21/h4-12,14-15,24H,3H2,1-2H3,(H,25,26)/b18-12-. The Morgan fingerprint density at radius 2 is 1.96 bits per heavy atom. The molecule has 1 amide bonds. The highest BCUT2D eigenvalue weighted by molar-refractivity contribution is 6.04. The lowest BCUT2D eigenvalue weighted by Gasteiger charge is -2.14. The number of aryl methyl sites for hydroxylation is 1. The second-order valence-corrected chi connectivity index (χ2v) is 6.25. The second-order valence-electron chi connectivity index (χ2n) is 6.25. The summed E-state index contributed by atoms with van der Waals surface area (Å²) >= 11 is 0. The molecule has 0 aliphatic rings. The Morgan fingerprint density at radius 3 is 2.65 bits per heavy atom. The number of fused-ring (bicyclic) bond motifs is 1. The molecule has 130 valence electrons. The van der Waals surface area contributed by atoms with Crippen molar-refractivity contribution >= 4 is 22.9 Å². The summed E-state index contributed by atoms with van der Waals surface area (Å²) in [6, 6.07) is 17.8. The Labute approximate surface area is 153 Å². The summed E-state index contributed by atoms with van der Waals surface area (Å²) in [6.45, 7) is 4.02. The van der Waals surface area contributed by atoms with Crippen molar-refractivity contribution in [2.75, 3.05) is 0 Å². The SMILES string of the molecule is CCc1ccc(C(C)NC(=O)/C(C#N)=C\c2c[nH]c3ccccc23)cc1. The number of nitrogens with one attached hydrogen (secondary N) is 2. The maximum absolute atomic E-state index is 12.5. The van der Waals surface area contributed by atoms with Gasteiger partial charge in [-0.25, -0.2) is 0 Å². The van der Waals surface area contributed by atoms with Crippen LogP contribution in [0.4, 0.5) is 0 Å². The zero-order valence-corrected chi connectivity index (χ0v) is 14.9. The Bertz CT molecular complexity index is 990. The van der Waals surface area contributed by atoms with Gasteiger partial charge >= 0.3 is 0 Å². The lowest BCUT2D eigenvalue weighted by Crippen LogP contribution is -2.27. The quantitative estimate of drug-likeness (QED) is 0.528. The fourth-order valence-corrected chi connectivity index (χ4v) is 2.92. The number of H-pyrrole nitrogens is 1. The van der Waals surface area contributed by atoms with E-state index < -0.39 is 0 Å². The molecule has 1 atom stereocenters. The number of nitrogens with zero attached hydrogens (tertiary/aromatic N) is 1. The maximum Gasteiger partial charge on any atom is 0.262 e. The molecule has 1 heterocycles. The Kier molecular flexibility index (Phi) is 5.19. The van der Waals surface area contributed by atoms with Crippen LogP contribution in [0.25, 0.3) is 17.0 Å². The van der Waals surface area contributed by atoms with E-state index in [1.165, 1.54) is 5.56 Å². The molecule has 0 saturated carbocycles. The van der Waals surface area contributed by atoms with Crippen molar-refractivity contribution in [1.29, 1.82) is 5.26 Å². The molecular formula is C22H21N3O. The van der Waals surface area contributed by atoms with E-state index >= 15 is 0 Å². The van der Waals surface area contributed by atoms with Gasteiger partial charge in [-0.3, -0.25) is 4.79 Å². The van der Waals surface area contributed by atoms with E-state index in [2.05, 4.69) is 29.4 Å². The Morgan fingerprint density at radius 1 is 1.23 bits per heavy atom. The normalized spacial score (nSPS) is 12.6. The van der Waals surface area contributed by atoms with E-state index in [0.29, 0.717) is 0 Å². The third kappa shape index (κ3) is 3.68. The molecular weight excluding hydrogens is 322 g/mol. The average molecular weight is 343 g/mol. The summed E-state index contributed by atoms with van der Waals surface area (Å²) < 4.78 is 0. The van der Waals surface area contributed by atoms with Crippen molar-refractivity contribution in [1.82, 2.24) is 10.3 Å². The van der Waals surface area contributed by atoms with Gasteiger partial charge in [0.1, 0.15) is 11.6 Å². The molecule has 1 unspecified atom stereocenters. The van der Waals surface area contributed by atoms with E-state index in [1.807, 2.05) is 55.6 Å². The van der Waals surface area contributed by atoms with Crippen molar-refractivity contribution in [3.63, 3.8) is 0 Å². The number of aromatic nitrogens is 1. The molecule has 0 aliphatic heterocycles. The molecule has 0 fully saturated rings. The minimum Gasteiger partial charge on any atom is -0.361 e. The fourth-order valence-electron chi connectivity index (χ4n) is 2.92. The Hall–Kier alpha value is -3.32. The number of rotatable bonds is 5. The third-order valence-corrected chi connectivity index (χ3v) is 4.52. The predicted molar refractivity (Wildman–Crippen MR) is 104 cm³/mol. The van der Waals surface area contributed by atoms with Crippen LogP contribution in [0.3, 0.4) is 0 Å². The van der Waals surface area contributed by atoms with Crippen LogP contribution < -0.4 is 5.32 Å². The number of aromatic amines is 1. The summed E-state index contributed by atoms with van der Waals surface area (Å²) in [7, 11) is 0. The highest BCUT2D eigenvalue weighted by atomic mass is 16.1. The monoisotopic (exact) mass is 343 g/mol. The molecule has 4 heteroatoms. The maximum atomic E-state index is 12.5. The lowest BCUT2D eigenvalue weighted by molar-refractivity contribution is -0.117. The summed E-state index contributed by atoms with van der Waals surface area (Å²) in [5, 5.41) is 13.3. The van der Waals surface area contributed by atoms with E-state index in [9.17, 15) is 10.1 Å². The topological polar surface area (TPSA) is 68.7 Å². The first kappa shape index (κ1) is 17.5. The fraction of sp³-hybridized carbons (Fsp3) is 0.182. The van der Waals surface area contributed by atoms with Gasteiger partial charge in [0.05, 0.1) is 6.04 Å². The van der Waals surface area contributed by atoms with Crippen LogP contribution in [-0.4, -0.2) is 10.9 Å². The van der Waals surface area contributed by atoms with Gasteiger partial charge in [0.2, 0.25) is 0 Å². The first-order chi connectivity index (χ1) is 12.6. The summed E-state index contributed by atoms with van der Waals surface area (Å²) in [4.78, 5) is 15.7. The van der Waals surface area contributed by atoms with Crippen molar-refractivity contribution in [2.45, 2.75) is 26.3 Å². The van der Waals surface area contributed by atoms with Crippen LogP contribution in [-0.2, 0) is 11.2 Å². The van der Waals surface area contributed by atoms with Crippen LogP contribution in [0.5, 0.6) is 0 Å². The second kappa shape index (κ2) is 7.71. The van der Waals surface area contributed by atoms with Crippen LogP contribution >= 0.6 is 0 Å². The number of hydrogen-bond donors (Lipinski definition) is 2. The van der Waals surface area contributed by atoms with Crippen molar-refractivity contribution in [3.8, 4) is 6.07 Å². The third-order valence-electron chi connectivity index (χ3n) is 4.52. The van der Waals surface area contributed by atoms with Gasteiger partial charge in [0, 0.05) is 22.7 Å². The van der Waals surface area contributed by atoms with E-state index in [0.717, 1.165) is 28.5 Å². The number of para-hydroxylation sites is 1. The molecule has 2 aromatic carbocycles. The minimum atomic E-state index is -0.371. The van der Waals surface area contributed by atoms with Crippen LogP contribution in [0, 0.1) is 11.3 Å². The van der Waals surface area contributed by atoms with Gasteiger partial charge in [0.25, 0.3) is 5.91 Å². The largest absolute Gasteiger partial charge is 0.361 e. The minimum absolute atomic E-state index is 0.0896. The highest BCUT2D eigenvalue weighted by Gasteiger charge is 2.14. The molecule has 0 spiro atoms. The highest BCUT2D eigenvalue weighted by Crippen LogP contribution is 2.21. The van der Waals surface area contributed by atoms with Gasteiger partial charge in [-0.1, -0.05) is 49.4 Å². The van der Waals surface area contributed by atoms with Gasteiger partial charge in [-0.15, -0.1) is 0 Å². The van der Waals surface area contributed by atoms with Gasteiger partial charge in [-0.05, 0) is 36.6 Å². The number of benzene rings is 2. The van der Waals surface area contributed by atoms with Crippen molar-refractivity contribution in [3.05, 3.63) is 77.0 Å². The number of carbonyl (C=O) groups excluding carboxylic acids is 1. The predicted octanol–water partition coefficient (Wildman–Crippen LogP) is 4.51. The average Bonchev–Trinajstić information content (AvgIpc) is 3.09. The molecule has 26 heavy (non-hydrogen) atoms. The molecule has 4 nitrogen and oxygen atoms in total. The number of hydrogen-bond acceptors (Lipinski definition) is 2. The molecule has 0 radical (unpaired) electrons. The number of nitriles is 1.